The number of carbonyl (C=O) groups excluding carboxylic acids is 1. The Labute approximate surface area is 163 Å². The summed E-state index contributed by atoms with van der Waals surface area (Å²) in [5, 5.41) is 8.88. The SMILES string of the molecule is O=C(COc1ccc2ccccc2c1Br)Nc1ccc(-n2cncn2)nc1. The Hall–Kier alpha value is -3.26. The zero-order chi connectivity index (χ0) is 18.6. The lowest BCUT2D eigenvalue weighted by Gasteiger charge is -2.11. The zero-order valence-electron chi connectivity index (χ0n) is 14.0. The first-order valence-corrected chi connectivity index (χ1v) is 8.91. The Balaban J connectivity index is 1.39. The Bertz CT molecular complexity index is 1080. The lowest BCUT2D eigenvalue weighted by molar-refractivity contribution is -0.118. The molecule has 4 aromatic rings. The molecule has 2 aromatic heterocycles. The number of hydrogen-bond acceptors (Lipinski definition) is 5. The van der Waals surface area contributed by atoms with Crippen LogP contribution in [-0.2, 0) is 4.79 Å². The molecule has 0 unspecified atom stereocenters. The molecule has 0 atom stereocenters. The molecule has 0 aliphatic heterocycles. The number of amides is 1. The smallest absolute Gasteiger partial charge is 0.262 e. The maximum absolute atomic E-state index is 12.2. The molecule has 1 amide bonds. The molecule has 4 rings (SSSR count). The first-order chi connectivity index (χ1) is 13.2. The number of rotatable bonds is 5. The fourth-order valence-electron chi connectivity index (χ4n) is 2.59. The lowest BCUT2D eigenvalue weighted by Crippen LogP contribution is -2.20. The van der Waals surface area contributed by atoms with Crippen LogP contribution >= 0.6 is 15.9 Å². The van der Waals surface area contributed by atoms with E-state index in [4.69, 9.17) is 4.74 Å². The second-order valence-corrected chi connectivity index (χ2v) is 6.47. The van der Waals surface area contributed by atoms with Gasteiger partial charge >= 0.3 is 0 Å². The molecule has 2 heterocycles. The van der Waals surface area contributed by atoms with Gasteiger partial charge in [0.2, 0.25) is 0 Å². The topological polar surface area (TPSA) is 81.9 Å². The summed E-state index contributed by atoms with van der Waals surface area (Å²) in [6.07, 6.45) is 4.54. The van der Waals surface area contributed by atoms with E-state index in [0.29, 0.717) is 17.3 Å². The summed E-state index contributed by atoms with van der Waals surface area (Å²) in [5.41, 5.74) is 0.574. The lowest BCUT2D eigenvalue weighted by atomic mass is 10.1. The highest BCUT2D eigenvalue weighted by Gasteiger charge is 2.09. The van der Waals surface area contributed by atoms with E-state index in [1.807, 2.05) is 36.4 Å². The van der Waals surface area contributed by atoms with Gasteiger partial charge in [-0.15, -0.1) is 0 Å². The molecule has 27 heavy (non-hydrogen) atoms. The van der Waals surface area contributed by atoms with Crippen molar-refractivity contribution in [1.29, 1.82) is 0 Å². The van der Waals surface area contributed by atoms with Gasteiger partial charge in [0.25, 0.3) is 5.91 Å². The number of benzene rings is 2. The van der Waals surface area contributed by atoms with Crippen LogP contribution in [0.5, 0.6) is 5.75 Å². The van der Waals surface area contributed by atoms with Gasteiger partial charge in [0.05, 0.1) is 16.4 Å². The van der Waals surface area contributed by atoms with Crippen LogP contribution in [0.15, 0.2) is 71.9 Å². The normalized spacial score (nSPS) is 10.7. The van der Waals surface area contributed by atoms with Gasteiger partial charge in [-0.1, -0.05) is 30.3 Å². The first-order valence-electron chi connectivity index (χ1n) is 8.12. The first kappa shape index (κ1) is 17.2. The maximum Gasteiger partial charge on any atom is 0.262 e. The maximum atomic E-state index is 12.2. The van der Waals surface area contributed by atoms with Crippen LogP contribution < -0.4 is 10.1 Å². The van der Waals surface area contributed by atoms with Gasteiger partial charge in [0.15, 0.2) is 12.4 Å². The summed E-state index contributed by atoms with van der Waals surface area (Å²) in [6, 6.07) is 15.2. The molecule has 7 nitrogen and oxygen atoms in total. The van der Waals surface area contributed by atoms with Gasteiger partial charge in [-0.05, 0) is 44.9 Å². The summed E-state index contributed by atoms with van der Waals surface area (Å²) in [6.45, 7) is -0.109. The van der Waals surface area contributed by atoms with E-state index in [-0.39, 0.29) is 12.5 Å². The van der Waals surface area contributed by atoms with Crippen molar-refractivity contribution in [2.45, 2.75) is 0 Å². The summed E-state index contributed by atoms with van der Waals surface area (Å²) in [5.74, 6) is 0.954. The van der Waals surface area contributed by atoms with E-state index >= 15 is 0 Å². The third-order valence-electron chi connectivity index (χ3n) is 3.87. The number of fused-ring (bicyclic) bond motifs is 1. The Kier molecular flexibility index (Phi) is 4.80. The van der Waals surface area contributed by atoms with Gasteiger partial charge < -0.3 is 10.1 Å². The van der Waals surface area contributed by atoms with Crippen molar-refractivity contribution in [3.05, 3.63) is 71.9 Å². The second-order valence-electron chi connectivity index (χ2n) is 5.68. The van der Waals surface area contributed by atoms with Gasteiger partial charge in [0, 0.05) is 0 Å². The predicted molar refractivity (Wildman–Crippen MR) is 105 cm³/mol. The summed E-state index contributed by atoms with van der Waals surface area (Å²) in [4.78, 5) is 20.3. The van der Waals surface area contributed by atoms with E-state index in [9.17, 15) is 4.79 Å². The van der Waals surface area contributed by atoms with Gasteiger partial charge in [-0.25, -0.2) is 14.6 Å². The quantitative estimate of drug-likeness (QED) is 0.530. The van der Waals surface area contributed by atoms with Gasteiger partial charge in [0.1, 0.15) is 18.4 Å². The molecular weight excluding hydrogens is 410 g/mol. The molecule has 0 aliphatic carbocycles. The summed E-state index contributed by atoms with van der Waals surface area (Å²) < 4.78 is 8.02. The Morgan fingerprint density at radius 2 is 2.04 bits per heavy atom. The second kappa shape index (κ2) is 7.55. The molecule has 134 valence electrons. The van der Waals surface area contributed by atoms with Gasteiger partial charge in [-0.2, -0.15) is 5.10 Å². The average Bonchev–Trinajstić information content (AvgIpc) is 3.23. The minimum absolute atomic E-state index is 0.109. The van der Waals surface area contributed by atoms with Crippen molar-refractivity contribution < 1.29 is 9.53 Å². The molecule has 0 saturated heterocycles. The van der Waals surface area contributed by atoms with Crippen LogP contribution in [0.3, 0.4) is 0 Å². The van der Waals surface area contributed by atoms with E-state index in [2.05, 4.69) is 36.3 Å². The summed E-state index contributed by atoms with van der Waals surface area (Å²) in [7, 11) is 0. The standard InChI is InChI=1S/C19H14BrN5O2/c20-19-15-4-2-1-3-13(15)5-7-16(19)27-10-18(26)24-14-6-8-17(22-9-14)25-12-21-11-23-25/h1-9,11-12H,10H2,(H,24,26). The van der Waals surface area contributed by atoms with E-state index < -0.39 is 0 Å². The molecule has 0 spiro atoms. The monoisotopic (exact) mass is 423 g/mol. The Morgan fingerprint density at radius 1 is 1.15 bits per heavy atom. The van der Waals surface area contributed by atoms with Crippen molar-refractivity contribution >= 4 is 38.3 Å². The number of anilines is 1. The fourth-order valence-corrected chi connectivity index (χ4v) is 3.20. The van der Waals surface area contributed by atoms with Crippen molar-refractivity contribution in [2.24, 2.45) is 0 Å². The molecule has 0 fully saturated rings. The van der Waals surface area contributed by atoms with Crippen LogP contribution in [0.1, 0.15) is 0 Å². The molecule has 1 N–H and O–H groups in total. The minimum atomic E-state index is -0.273. The highest BCUT2D eigenvalue weighted by molar-refractivity contribution is 9.10. The van der Waals surface area contributed by atoms with Crippen molar-refractivity contribution in [2.75, 3.05) is 11.9 Å². The van der Waals surface area contributed by atoms with Crippen molar-refractivity contribution in [3.8, 4) is 11.6 Å². The molecule has 0 aliphatic rings. The van der Waals surface area contributed by atoms with Gasteiger partial charge in [-0.3, -0.25) is 4.79 Å². The molecule has 0 saturated carbocycles. The average molecular weight is 424 g/mol. The van der Waals surface area contributed by atoms with Crippen LogP contribution in [0.25, 0.3) is 16.6 Å². The number of hydrogen-bond donors (Lipinski definition) is 1. The van der Waals surface area contributed by atoms with Crippen LogP contribution in [0.2, 0.25) is 0 Å². The molecule has 2 aromatic carbocycles. The number of halogens is 1. The minimum Gasteiger partial charge on any atom is -0.483 e. The molecule has 0 bridgehead atoms. The molecular formula is C19H14BrN5O2. The van der Waals surface area contributed by atoms with Crippen LogP contribution in [0, 0.1) is 0 Å². The number of ether oxygens (including phenoxy) is 1. The number of nitrogens with one attached hydrogen (secondary N) is 1. The fraction of sp³-hybridized carbons (Fsp3) is 0.0526. The summed E-state index contributed by atoms with van der Waals surface area (Å²) >= 11 is 3.55. The van der Waals surface area contributed by atoms with E-state index in [1.54, 1.807) is 24.7 Å². The third-order valence-corrected chi connectivity index (χ3v) is 4.69. The Morgan fingerprint density at radius 3 is 2.81 bits per heavy atom. The zero-order valence-corrected chi connectivity index (χ0v) is 15.6. The van der Waals surface area contributed by atoms with Crippen LogP contribution in [-0.4, -0.2) is 32.3 Å². The molecule has 0 radical (unpaired) electrons. The highest BCUT2D eigenvalue weighted by Crippen LogP contribution is 2.32. The number of carbonyl (C=O) groups is 1. The van der Waals surface area contributed by atoms with Crippen LogP contribution in [0.4, 0.5) is 5.69 Å². The molecule has 8 heteroatoms. The number of pyridine rings is 1. The highest BCUT2D eigenvalue weighted by atomic mass is 79.9. The predicted octanol–water partition coefficient (Wildman–Crippen LogP) is 3.60. The number of nitrogens with zero attached hydrogens (tertiary/aromatic N) is 4. The van der Waals surface area contributed by atoms with Crippen molar-refractivity contribution in [1.82, 2.24) is 19.7 Å². The van der Waals surface area contributed by atoms with E-state index in [1.165, 1.54) is 11.0 Å². The largest absolute Gasteiger partial charge is 0.483 e. The third kappa shape index (κ3) is 3.80. The van der Waals surface area contributed by atoms with Crippen molar-refractivity contribution in [3.63, 3.8) is 0 Å². The van der Waals surface area contributed by atoms with E-state index in [0.717, 1.165) is 15.2 Å². The number of aromatic nitrogens is 4.